The molecular weight excluding hydrogens is 168 g/mol. The minimum absolute atomic E-state index is 0.204. The molecule has 0 aromatic carbocycles. The first kappa shape index (κ1) is 9.51. The van der Waals surface area contributed by atoms with Crippen molar-refractivity contribution in [1.29, 1.82) is 0 Å². The zero-order chi connectivity index (χ0) is 10.0. The summed E-state index contributed by atoms with van der Waals surface area (Å²) in [5, 5.41) is 0. The summed E-state index contributed by atoms with van der Waals surface area (Å²) in [6.45, 7) is 0. The molecule has 1 aromatic heterocycles. The third-order valence-electron chi connectivity index (χ3n) is 1.76. The summed E-state index contributed by atoms with van der Waals surface area (Å²) < 4.78 is 1.39. The number of hydrogen-bond donors (Lipinski definition) is 0. The van der Waals surface area contributed by atoms with E-state index in [1.807, 2.05) is 0 Å². The van der Waals surface area contributed by atoms with Gasteiger partial charge in [-0.05, 0) is 12.1 Å². The monoisotopic (exact) mass is 180 g/mol. The molecule has 70 valence electrons. The van der Waals surface area contributed by atoms with E-state index in [1.165, 1.54) is 15.5 Å². The van der Waals surface area contributed by atoms with Gasteiger partial charge in [0.25, 0.3) is 11.5 Å². The first-order valence-electron chi connectivity index (χ1n) is 3.91. The van der Waals surface area contributed by atoms with Crippen molar-refractivity contribution >= 4 is 5.91 Å². The zero-order valence-electron chi connectivity index (χ0n) is 7.94. The van der Waals surface area contributed by atoms with Gasteiger partial charge in [0.05, 0.1) is 0 Å². The van der Waals surface area contributed by atoms with E-state index in [4.69, 9.17) is 0 Å². The van der Waals surface area contributed by atoms with Gasteiger partial charge in [0.1, 0.15) is 5.56 Å². The molecule has 0 aliphatic heterocycles. The number of aryl methyl sites for hydroxylation is 1. The smallest absolute Gasteiger partial charge is 0.263 e. The lowest BCUT2D eigenvalue weighted by atomic mass is 10.2. The Morgan fingerprint density at radius 3 is 2.62 bits per heavy atom. The normalized spacial score (nSPS) is 9.77. The summed E-state index contributed by atoms with van der Waals surface area (Å²) in [4.78, 5) is 24.2. The molecule has 1 rings (SSSR count). The Morgan fingerprint density at radius 1 is 1.46 bits per heavy atom. The van der Waals surface area contributed by atoms with E-state index in [-0.39, 0.29) is 17.0 Å². The van der Waals surface area contributed by atoms with Crippen LogP contribution in [0.1, 0.15) is 10.4 Å². The lowest BCUT2D eigenvalue weighted by Gasteiger charge is -2.09. The van der Waals surface area contributed by atoms with Crippen molar-refractivity contribution in [2.45, 2.75) is 0 Å². The average molecular weight is 180 g/mol. The predicted octanol–water partition coefficient (Wildman–Crippen LogP) is 0.0871. The fourth-order valence-corrected chi connectivity index (χ4v) is 1.00. The lowest BCUT2D eigenvalue weighted by molar-refractivity contribution is 0.0825. The van der Waals surface area contributed by atoms with Crippen LogP contribution >= 0.6 is 0 Å². The molecule has 0 saturated carbocycles. The van der Waals surface area contributed by atoms with Crippen LogP contribution < -0.4 is 5.56 Å². The second-order valence-corrected chi connectivity index (χ2v) is 3.04. The van der Waals surface area contributed by atoms with Crippen LogP contribution in [0.25, 0.3) is 0 Å². The van der Waals surface area contributed by atoms with Crippen molar-refractivity contribution in [3.63, 3.8) is 0 Å². The highest BCUT2D eigenvalue weighted by molar-refractivity contribution is 5.93. The topological polar surface area (TPSA) is 42.3 Å². The number of carbonyl (C=O) groups is 1. The zero-order valence-corrected chi connectivity index (χ0v) is 7.94. The third-order valence-corrected chi connectivity index (χ3v) is 1.76. The number of nitrogens with zero attached hydrogens (tertiary/aromatic N) is 2. The van der Waals surface area contributed by atoms with Gasteiger partial charge >= 0.3 is 0 Å². The molecule has 0 N–H and O–H groups in total. The predicted molar refractivity (Wildman–Crippen MR) is 49.7 cm³/mol. The van der Waals surface area contributed by atoms with Crippen molar-refractivity contribution in [2.75, 3.05) is 14.1 Å². The van der Waals surface area contributed by atoms with E-state index in [2.05, 4.69) is 0 Å². The van der Waals surface area contributed by atoms with Gasteiger partial charge < -0.3 is 9.47 Å². The Balaban J connectivity index is 3.24. The number of rotatable bonds is 1. The van der Waals surface area contributed by atoms with E-state index in [1.54, 1.807) is 33.4 Å². The number of pyridine rings is 1. The Labute approximate surface area is 76.4 Å². The molecule has 0 radical (unpaired) electrons. The molecule has 0 atom stereocenters. The van der Waals surface area contributed by atoms with Crippen molar-refractivity contribution in [3.05, 3.63) is 34.2 Å². The van der Waals surface area contributed by atoms with Gasteiger partial charge in [-0.3, -0.25) is 9.59 Å². The summed E-state index contributed by atoms with van der Waals surface area (Å²) in [5.74, 6) is -0.263. The highest BCUT2D eigenvalue weighted by Gasteiger charge is 2.11. The third kappa shape index (κ3) is 1.77. The maximum Gasteiger partial charge on any atom is 0.263 e. The molecule has 1 heterocycles. The summed E-state index contributed by atoms with van der Waals surface area (Å²) in [6.07, 6.45) is 1.62. The summed E-state index contributed by atoms with van der Waals surface area (Å²) in [6, 6.07) is 3.21. The molecule has 4 nitrogen and oxygen atoms in total. The van der Waals surface area contributed by atoms with Crippen molar-refractivity contribution in [2.24, 2.45) is 7.05 Å². The van der Waals surface area contributed by atoms with Crippen LogP contribution in [0.2, 0.25) is 0 Å². The number of aromatic nitrogens is 1. The molecule has 0 aliphatic carbocycles. The van der Waals surface area contributed by atoms with Crippen LogP contribution in [0, 0.1) is 0 Å². The molecule has 0 saturated heterocycles. The molecule has 0 fully saturated rings. The minimum Gasteiger partial charge on any atom is -0.345 e. The van der Waals surface area contributed by atoms with Crippen LogP contribution in [-0.2, 0) is 7.05 Å². The Bertz CT molecular complexity index is 379. The first-order chi connectivity index (χ1) is 6.04. The fourth-order valence-electron chi connectivity index (χ4n) is 1.00. The fraction of sp³-hybridized carbons (Fsp3) is 0.333. The van der Waals surface area contributed by atoms with Crippen molar-refractivity contribution < 1.29 is 4.79 Å². The number of amides is 1. The largest absolute Gasteiger partial charge is 0.345 e. The van der Waals surface area contributed by atoms with Gasteiger partial charge in [0.15, 0.2) is 0 Å². The van der Waals surface area contributed by atoms with E-state index in [0.29, 0.717) is 0 Å². The van der Waals surface area contributed by atoms with E-state index < -0.39 is 0 Å². The Hall–Kier alpha value is -1.58. The molecular formula is C9H12N2O2. The number of carbonyl (C=O) groups excluding carboxylic acids is 1. The standard InChI is InChI=1S/C9H12N2O2/c1-10(2)8(12)7-5-4-6-11(3)9(7)13/h4-6H,1-3H3. The van der Waals surface area contributed by atoms with Crippen molar-refractivity contribution in [3.8, 4) is 0 Å². The molecule has 4 heteroatoms. The molecule has 1 amide bonds. The van der Waals surface area contributed by atoms with Gasteiger partial charge in [0.2, 0.25) is 0 Å². The van der Waals surface area contributed by atoms with Gasteiger partial charge in [-0.15, -0.1) is 0 Å². The minimum atomic E-state index is -0.263. The quantitative estimate of drug-likeness (QED) is 0.614. The molecule has 13 heavy (non-hydrogen) atoms. The van der Waals surface area contributed by atoms with E-state index >= 15 is 0 Å². The SMILES string of the molecule is CN(C)C(=O)c1cccn(C)c1=O. The first-order valence-corrected chi connectivity index (χ1v) is 3.91. The summed E-state index contributed by atoms with van der Waals surface area (Å²) in [7, 11) is 4.86. The summed E-state index contributed by atoms with van der Waals surface area (Å²) in [5.41, 5.74) is -0.0591. The van der Waals surface area contributed by atoms with Crippen LogP contribution in [0.15, 0.2) is 23.1 Å². The van der Waals surface area contributed by atoms with Gasteiger partial charge in [0, 0.05) is 27.3 Å². The Kier molecular flexibility index (Phi) is 2.51. The second-order valence-electron chi connectivity index (χ2n) is 3.04. The lowest BCUT2D eigenvalue weighted by Crippen LogP contribution is -2.30. The van der Waals surface area contributed by atoms with Gasteiger partial charge in [-0.1, -0.05) is 0 Å². The van der Waals surface area contributed by atoms with Crippen LogP contribution in [0.5, 0.6) is 0 Å². The maximum absolute atomic E-state index is 11.4. The van der Waals surface area contributed by atoms with Gasteiger partial charge in [-0.25, -0.2) is 0 Å². The van der Waals surface area contributed by atoms with Crippen LogP contribution in [0.4, 0.5) is 0 Å². The van der Waals surface area contributed by atoms with Gasteiger partial charge in [-0.2, -0.15) is 0 Å². The number of hydrogen-bond acceptors (Lipinski definition) is 2. The highest BCUT2D eigenvalue weighted by atomic mass is 16.2. The molecule has 0 unspecified atom stereocenters. The van der Waals surface area contributed by atoms with Crippen molar-refractivity contribution in [1.82, 2.24) is 9.47 Å². The maximum atomic E-state index is 11.4. The summed E-state index contributed by atoms with van der Waals surface area (Å²) >= 11 is 0. The molecule has 0 bridgehead atoms. The van der Waals surface area contributed by atoms with E-state index in [0.717, 1.165) is 0 Å². The van der Waals surface area contributed by atoms with E-state index in [9.17, 15) is 9.59 Å². The molecule has 0 aliphatic rings. The van der Waals surface area contributed by atoms with Crippen LogP contribution in [-0.4, -0.2) is 29.5 Å². The molecule has 1 aromatic rings. The van der Waals surface area contributed by atoms with Crippen LogP contribution in [0.3, 0.4) is 0 Å². The second kappa shape index (κ2) is 3.43. The molecule has 0 spiro atoms. The Morgan fingerprint density at radius 2 is 2.08 bits per heavy atom. The average Bonchev–Trinajstić information content (AvgIpc) is 2.08. The highest BCUT2D eigenvalue weighted by Crippen LogP contribution is 1.94.